The molecule has 2 fully saturated rings. The van der Waals surface area contributed by atoms with Crippen LogP contribution in [0.4, 0.5) is 0 Å². The van der Waals surface area contributed by atoms with Gasteiger partial charge in [0.1, 0.15) is 0 Å². The average molecular weight is 715 g/mol. The summed E-state index contributed by atoms with van der Waals surface area (Å²) in [5, 5.41) is 5.89. The molecule has 197 valence electrons. The Hall–Kier alpha value is -0.673. The van der Waals surface area contributed by atoms with E-state index in [2.05, 4.69) is 81.4 Å². The first-order valence-electron chi connectivity index (χ1n) is 14.3. The Morgan fingerprint density at radius 3 is 1.62 bits per heavy atom. The van der Waals surface area contributed by atoms with Crippen LogP contribution in [0.5, 0.6) is 0 Å². The molecule has 0 amide bonds. The Bertz CT molecular complexity index is 1210. The van der Waals surface area contributed by atoms with Gasteiger partial charge in [0.2, 0.25) is 0 Å². The Labute approximate surface area is 240 Å². The summed E-state index contributed by atoms with van der Waals surface area (Å²) in [4.78, 5) is 0. The van der Waals surface area contributed by atoms with E-state index in [9.17, 15) is 0 Å². The zero-order valence-corrected chi connectivity index (χ0v) is 28.9. The summed E-state index contributed by atoms with van der Waals surface area (Å²) >= 11 is -1.84. The largest absolute Gasteiger partial charge is 0.165 e. The minimum atomic E-state index is -1.84. The van der Waals surface area contributed by atoms with Crippen molar-refractivity contribution in [3.05, 3.63) is 82.9 Å². The van der Waals surface area contributed by atoms with Gasteiger partial charge in [0.25, 0.3) is 0 Å². The van der Waals surface area contributed by atoms with Gasteiger partial charge in [-0.1, -0.05) is 37.1 Å². The zero-order chi connectivity index (χ0) is 26.2. The zero-order valence-electron chi connectivity index (χ0n) is 22.8. The van der Waals surface area contributed by atoms with E-state index in [0.29, 0.717) is 0 Å². The van der Waals surface area contributed by atoms with Gasteiger partial charge in [0, 0.05) is 0 Å². The maximum Gasteiger partial charge on any atom is -0.0251 e. The normalized spacial score (nSPS) is 14.6. The molecule has 0 bridgehead atoms. The van der Waals surface area contributed by atoms with Gasteiger partial charge in [-0.15, -0.1) is 69.1 Å². The predicted molar refractivity (Wildman–Crippen MR) is 164 cm³/mol. The molecule has 0 spiro atoms. The van der Waals surface area contributed by atoms with Crippen LogP contribution in [0.1, 0.15) is 99.8 Å². The summed E-state index contributed by atoms with van der Waals surface area (Å²) in [6.07, 6.45) is 12.8. The maximum absolute atomic E-state index is 5.75. The van der Waals surface area contributed by atoms with Crippen molar-refractivity contribution in [3.63, 3.8) is 0 Å². The van der Waals surface area contributed by atoms with Gasteiger partial charge in [-0.05, 0) is 50.4 Å². The van der Waals surface area contributed by atoms with Crippen LogP contribution in [0.3, 0.4) is 0 Å². The molecule has 0 heterocycles. The Kier molecular flexibility index (Phi) is 11.6. The van der Waals surface area contributed by atoms with Gasteiger partial charge in [-0.2, -0.15) is 12.1 Å². The topological polar surface area (TPSA) is 0 Å². The van der Waals surface area contributed by atoms with E-state index < -0.39 is 17.7 Å². The second-order valence-corrected chi connectivity index (χ2v) is 34.2. The van der Waals surface area contributed by atoms with Crippen LogP contribution in [0, 0.1) is 0 Å². The first-order chi connectivity index (χ1) is 18.0. The third kappa shape index (κ3) is 8.66. The van der Waals surface area contributed by atoms with Gasteiger partial charge in [-0.3, -0.25) is 0 Å². The van der Waals surface area contributed by atoms with E-state index >= 15 is 0 Å². The predicted octanol–water partition coefficient (Wildman–Crippen LogP) is 11.1. The third-order valence-electron chi connectivity index (χ3n) is 7.58. The third-order valence-corrected chi connectivity index (χ3v) is 20.6. The number of aryl methyl sites for hydroxylation is 2. The van der Waals surface area contributed by atoms with Crippen LogP contribution >= 0.6 is 17.2 Å². The molecule has 0 atom stereocenters. The van der Waals surface area contributed by atoms with Crippen molar-refractivity contribution in [1.29, 1.82) is 0 Å². The summed E-state index contributed by atoms with van der Waals surface area (Å²) in [5.74, 6) is 1.73. The molecule has 4 heteroatoms. The number of hydrogen-bond acceptors (Lipinski definition) is 0. The number of fused-ring (bicyclic) bond motifs is 2. The van der Waals surface area contributed by atoms with Crippen LogP contribution < -0.4 is 0 Å². The SMILES string of the molecule is CCCCC[Si]=[Hf]([Cl])[Cl].CCc1cc2c(C3CC3)cccc2[cH-]1.CCc1cc2c(C3CC3)cccc2[cH-]1. The summed E-state index contributed by atoms with van der Waals surface area (Å²) in [6, 6.07) is 24.2. The molecule has 4 aromatic carbocycles. The molecule has 2 aliphatic rings. The first-order valence-corrected chi connectivity index (χ1v) is 29.8. The van der Waals surface area contributed by atoms with Crippen molar-refractivity contribution in [2.45, 2.75) is 96.4 Å². The first kappa shape index (κ1) is 29.3. The van der Waals surface area contributed by atoms with Crippen LogP contribution in [0.25, 0.3) is 21.5 Å². The number of benzene rings is 2. The summed E-state index contributed by atoms with van der Waals surface area (Å²) in [5.41, 5.74) is 6.13. The van der Waals surface area contributed by atoms with Gasteiger partial charge in [0.15, 0.2) is 0 Å². The standard InChI is InChI=1S/2C14H15.C5H11Si.2ClH.Hf/c2*1-2-10-8-12-4-3-5-13(11-6-7-11)14(12)9-10;1-2-3-4-5-6;;;/h2*3-5,8-9,11H,2,6-7H2,1H3;2-5H2,1H3;2*1H;/q2*-1;;;;+2/p-2. The number of halogens is 2. The van der Waals surface area contributed by atoms with Gasteiger partial charge >= 0.3 is 73.3 Å². The molecule has 0 N–H and O–H groups in total. The fourth-order valence-electron chi connectivity index (χ4n) is 5.11. The van der Waals surface area contributed by atoms with E-state index in [1.165, 1.54) is 83.7 Å². The van der Waals surface area contributed by atoms with Crippen molar-refractivity contribution in [2.24, 2.45) is 0 Å². The molecule has 1 radical (unpaired) electrons. The van der Waals surface area contributed by atoms with Gasteiger partial charge < -0.3 is 0 Å². The van der Waals surface area contributed by atoms with Gasteiger partial charge in [0.05, 0.1) is 0 Å². The van der Waals surface area contributed by atoms with Crippen LogP contribution in [-0.4, -0.2) is 6.22 Å². The number of unbranched alkanes of at least 4 members (excludes halogenated alkanes) is 2. The van der Waals surface area contributed by atoms with Crippen molar-refractivity contribution in [2.75, 3.05) is 0 Å². The maximum atomic E-state index is 5.75. The van der Waals surface area contributed by atoms with E-state index in [1.54, 1.807) is 11.1 Å². The van der Waals surface area contributed by atoms with Crippen LogP contribution in [0.15, 0.2) is 60.7 Å². The average Bonchev–Trinajstić information content (AvgIpc) is 3.84. The van der Waals surface area contributed by atoms with Crippen LogP contribution in [0.2, 0.25) is 6.04 Å². The van der Waals surface area contributed by atoms with Crippen molar-refractivity contribution in [1.82, 2.24) is 0 Å². The van der Waals surface area contributed by atoms with E-state index in [1.807, 2.05) is 0 Å². The Morgan fingerprint density at radius 2 is 1.24 bits per heavy atom. The van der Waals surface area contributed by atoms with Crippen LogP contribution in [-0.2, 0) is 30.5 Å². The van der Waals surface area contributed by atoms with E-state index in [4.69, 9.17) is 17.2 Å². The molecule has 6 rings (SSSR count). The minimum Gasteiger partial charge on any atom is -0.165 e. The molecule has 0 saturated heterocycles. The second kappa shape index (κ2) is 14.6. The molecule has 0 unspecified atom stereocenters. The van der Waals surface area contributed by atoms with Gasteiger partial charge in [-0.25, -0.2) is 0 Å². The second-order valence-electron chi connectivity index (χ2n) is 10.6. The Morgan fingerprint density at radius 1 is 0.757 bits per heavy atom. The monoisotopic (exact) mass is 715 g/mol. The molecule has 37 heavy (non-hydrogen) atoms. The summed E-state index contributed by atoms with van der Waals surface area (Å²) in [7, 11) is 11.5. The fraction of sp³-hybridized carbons (Fsp3) is 0.455. The summed E-state index contributed by atoms with van der Waals surface area (Å²) in [6.45, 7) is 6.67. The summed E-state index contributed by atoms with van der Waals surface area (Å²) < 4.78 is 0. The molecule has 2 aliphatic carbocycles. The molecular formula is C33H41Cl2HfSi-2. The van der Waals surface area contributed by atoms with Crippen molar-refractivity contribution >= 4 is 44.9 Å². The smallest absolute Gasteiger partial charge is 0.0251 e. The molecule has 4 aromatic rings. The van der Waals surface area contributed by atoms with Crippen molar-refractivity contribution in [3.8, 4) is 0 Å². The van der Waals surface area contributed by atoms with E-state index in [0.717, 1.165) is 30.9 Å². The quantitative estimate of drug-likeness (QED) is 0.0968. The molecule has 0 aliphatic heterocycles. The van der Waals surface area contributed by atoms with E-state index in [-0.39, 0.29) is 0 Å². The molecule has 0 nitrogen and oxygen atoms in total. The minimum absolute atomic E-state index is 0.866. The Balaban J connectivity index is 0.000000134. The molecule has 0 aromatic heterocycles. The number of hydrogen-bond donors (Lipinski definition) is 0. The van der Waals surface area contributed by atoms with Crippen molar-refractivity contribution < 1.29 is 17.7 Å². The fourth-order valence-corrected chi connectivity index (χ4v) is 14.3. The molecule has 2 saturated carbocycles. The molecular weight excluding hydrogens is 674 g/mol. The number of rotatable bonds is 8.